The van der Waals surface area contributed by atoms with Crippen molar-refractivity contribution in [1.82, 2.24) is 9.55 Å². The number of rotatable bonds is 10. The molecule has 32 heavy (non-hydrogen) atoms. The second-order valence-corrected chi connectivity index (χ2v) is 8.64. The van der Waals surface area contributed by atoms with Crippen LogP contribution in [0.4, 0.5) is 0 Å². The van der Waals surface area contributed by atoms with Gasteiger partial charge in [-0.1, -0.05) is 41.4 Å². The Bertz CT molecular complexity index is 998. The lowest BCUT2D eigenvalue weighted by Crippen LogP contribution is -2.37. The molecule has 1 fully saturated rings. The Morgan fingerprint density at radius 1 is 1.19 bits per heavy atom. The van der Waals surface area contributed by atoms with Crippen molar-refractivity contribution in [2.45, 2.75) is 37.9 Å². The van der Waals surface area contributed by atoms with Gasteiger partial charge in [-0.15, -0.1) is 0 Å². The minimum absolute atomic E-state index is 0.155. The first-order valence-electron chi connectivity index (χ1n) is 10.5. The molecular formula is C24H26Cl2N2O4. The zero-order chi connectivity index (χ0) is 22.4. The third-order valence-electron chi connectivity index (χ3n) is 5.42. The Morgan fingerprint density at radius 3 is 2.75 bits per heavy atom. The molecule has 2 aromatic carbocycles. The van der Waals surface area contributed by atoms with Gasteiger partial charge in [0.2, 0.25) is 0 Å². The van der Waals surface area contributed by atoms with Gasteiger partial charge in [-0.25, -0.2) is 4.98 Å². The summed E-state index contributed by atoms with van der Waals surface area (Å²) in [5.74, 6) is 0.0454. The summed E-state index contributed by atoms with van der Waals surface area (Å²) < 4.78 is 25.7. The monoisotopic (exact) mass is 476 g/mol. The molecule has 1 aromatic heterocycles. The lowest BCUT2D eigenvalue weighted by molar-refractivity contribution is -0.187. The Hall–Kier alpha value is -2.09. The van der Waals surface area contributed by atoms with Gasteiger partial charge in [0.05, 0.1) is 39.8 Å². The molecular weight excluding hydrogens is 451 g/mol. The van der Waals surface area contributed by atoms with Crippen molar-refractivity contribution in [3.05, 3.63) is 82.4 Å². The van der Waals surface area contributed by atoms with E-state index in [1.165, 1.54) is 0 Å². The van der Waals surface area contributed by atoms with Crippen LogP contribution in [0.25, 0.3) is 0 Å². The maximum atomic E-state index is 6.40. The summed E-state index contributed by atoms with van der Waals surface area (Å²) in [7, 11) is 1.65. The maximum Gasteiger partial charge on any atom is 0.187 e. The van der Waals surface area contributed by atoms with Gasteiger partial charge in [-0.05, 0) is 41.8 Å². The number of hydrogen-bond acceptors (Lipinski definition) is 5. The molecule has 2 unspecified atom stereocenters. The van der Waals surface area contributed by atoms with Crippen molar-refractivity contribution in [3.63, 3.8) is 0 Å². The summed E-state index contributed by atoms with van der Waals surface area (Å²) in [6.45, 7) is 1.94. The number of aryl methyl sites for hydroxylation is 1. The standard InChI is InChI=1S/C24H26Cl2N2O4/c1-29-21-6-2-18(3-7-21)13-30-14-22-15-31-24(32-22,16-28-11-10-27-17-28)9-8-19-4-5-20(25)12-23(19)26/h2-7,10-12,17,22H,8-9,13-16H2,1H3. The average Bonchev–Trinajstić information content (AvgIpc) is 3.44. The lowest BCUT2D eigenvalue weighted by Gasteiger charge is -2.29. The smallest absolute Gasteiger partial charge is 0.187 e. The molecule has 1 aliphatic rings. The first-order valence-corrected chi connectivity index (χ1v) is 11.2. The van der Waals surface area contributed by atoms with Crippen molar-refractivity contribution in [2.75, 3.05) is 20.3 Å². The molecule has 6 nitrogen and oxygen atoms in total. The Kier molecular flexibility index (Phi) is 7.71. The summed E-state index contributed by atoms with van der Waals surface area (Å²) >= 11 is 12.4. The molecule has 170 valence electrons. The Balaban J connectivity index is 1.36. The number of nitrogens with zero attached hydrogens (tertiary/aromatic N) is 2. The van der Waals surface area contributed by atoms with Gasteiger partial charge in [0.25, 0.3) is 0 Å². The van der Waals surface area contributed by atoms with Crippen LogP contribution in [0.1, 0.15) is 17.5 Å². The van der Waals surface area contributed by atoms with Crippen LogP contribution in [0.2, 0.25) is 10.0 Å². The number of imidazole rings is 1. The van der Waals surface area contributed by atoms with E-state index < -0.39 is 5.79 Å². The molecule has 1 aliphatic heterocycles. The molecule has 4 rings (SSSR count). The van der Waals surface area contributed by atoms with E-state index in [0.29, 0.717) is 49.3 Å². The highest BCUT2D eigenvalue weighted by molar-refractivity contribution is 6.35. The molecule has 1 saturated heterocycles. The van der Waals surface area contributed by atoms with E-state index in [2.05, 4.69) is 4.98 Å². The van der Waals surface area contributed by atoms with E-state index in [9.17, 15) is 0 Å². The minimum atomic E-state index is -0.780. The molecule has 0 radical (unpaired) electrons. The van der Waals surface area contributed by atoms with Gasteiger partial charge in [0.1, 0.15) is 11.9 Å². The van der Waals surface area contributed by atoms with E-state index in [4.69, 9.17) is 42.1 Å². The fraction of sp³-hybridized carbons (Fsp3) is 0.375. The quantitative estimate of drug-likeness (QED) is 0.404. The van der Waals surface area contributed by atoms with Crippen LogP contribution in [-0.2, 0) is 33.8 Å². The summed E-state index contributed by atoms with van der Waals surface area (Å²) in [6.07, 6.45) is 6.59. The van der Waals surface area contributed by atoms with Crippen LogP contribution in [0.5, 0.6) is 5.75 Å². The van der Waals surface area contributed by atoms with E-state index in [0.717, 1.165) is 16.9 Å². The number of ether oxygens (including phenoxy) is 4. The summed E-state index contributed by atoms with van der Waals surface area (Å²) in [4.78, 5) is 4.13. The van der Waals surface area contributed by atoms with Crippen molar-refractivity contribution in [2.24, 2.45) is 0 Å². The number of aromatic nitrogens is 2. The third kappa shape index (κ3) is 6.03. The number of benzene rings is 2. The lowest BCUT2D eigenvalue weighted by atomic mass is 10.0. The number of halogens is 2. The van der Waals surface area contributed by atoms with E-state index >= 15 is 0 Å². The summed E-state index contributed by atoms with van der Waals surface area (Å²) in [5.41, 5.74) is 2.08. The van der Waals surface area contributed by atoms with Crippen LogP contribution in [0.15, 0.2) is 61.2 Å². The fourth-order valence-electron chi connectivity index (χ4n) is 3.73. The number of hydrogen-bond donors (Lipinski definition) is 0. The van der Waals surface area contributed by atoms with Crippen molar-refractivity contribution < 1.29 is 18.9 Å². The fourth-order valence-corrected chi connectivity index (χ4v) is 4.23. The first-order chi connectivity index (χ1) is 15.5. The average molecular weight is 477 g/mol. The highest BCUT2D eigenvalue weighted by Gasteiger charge is 2.41. The highest BCUT2D eigenvalue weighted by atomic mass is 35.5. The topological polar surface area (TPSA) is 54.7 Å². The molecule has 2 heterocycles. The molecule has 0 aliphatic carbocycles. The summed E-state index contributed by atoms with van der Waals surface area (Å²) in [6, 6.07) is 13.4. The van der Waals surface area contributed by atoms with E-state index in [-0.39, 0.29) is 6.10 Å². The van der Waals surface area contributed by atoms with Gasteiger partial charge in [-0.3, -0.25) is 0 Å². The van der Waals surface area contributed by atoms with Crippen molar-refractivity contribution in [3.8, 4) is 5.75 Å². The Labute approximate surface area is 198 Å². The van der Waals surface area contributed by atoms with Gasteiger partial charge < -0.3 is 23.5 Å². The normalized spacial score (nSPS) is 20.5. The molecule has 8 heteroatoms. The number of methoxy groups -OCH3 is 1. The predicted molar refractivity (Wildman–Crippen MR) is 123 cm³/mol. The second kappa shape index (κ2) is 10.7. The van der Waals surface area contributed by atoms with Gasteiger partial charge in [0, 0.05) is 28.9 Å². The van der Waals surface area contributed by atoms with Crippen LogP contribution in [-0.4, -0.2) is 41.8 Å². The van der Waals surface area contributed by atoms with Crippen LogP contribution in [0, 0.1) is 0 Å². The zero-order valence-corrected chi connectivity index (χ0v) is 19.4. The predicted octanol–water partition coefficient (Wildman–Crippen LogP) is 5.16. The maximum absolute atomic E-state index is 6.40. The molecule has 0 N–H and O–H groups in total. The Morgan fingerprint density at radius 2 is 2.03 bits per heavy atom. The largest absolute Gasteiger partial charge is 0.497 e. The molecule has 0 bridgehead atoms. The van der Waals surface area contributed by atoms with Gasteiger partial charge >= 0.3 is 0 Å². The van der Waals surface area contributed by atoms with Crippen LogP contribution >= 0.6 is 23.2 Å². The molecule has 2 atom stereocenters. The van der Waals surface area contributed by atoms with Gasteiger partial charge in [-0.2, -0.15) is 0 Å². The molecule has 3 aromatic rings. The van der Waals surface area contributed by atoms with Crippen LogP contribution in [0.3, 0.4) is 0 Å². The first kappa shape index (κ1) is 23.1. The second-order valence-electron chi connectivity index (χ2n) is 7.80. The molecule has 0 amide bonds. The molecule has 0 spiro atoms. The van der Waals surface area contributed by atoms with Crippen molar-refractivity contribution in [1.29, 1.82) is 0 Å². The van der Waals surface area contributed by atoms with E-state index in [1.807, 2.05) is 47.2 Å². The minimum Gasteiger partial charge on any atom is -0.497 e. The zero-order valence-electron chi connectivity index (χ0n) is 17.9. The summed E-state index contributed by atoms with van der Waals surface area (Å²) in [5, 5.41) is 1.27. The molecule has 0 saturated carbocycles. The van der Waals surface area contributed by atoms with E-state index in [1.54, 1.807) is 25.7 Å². The highest BCUT2D eigenvalue weighted by Crippen LogP contribution is 2.32. The van der Waals surface area contributed by atoms with Crippen molar-refractivity contribution >= 4 is 23.2 Å². The van der Waals surface area contributed by atoms with Gasteiger partial charge in [0.15, 0.2) is 5.79 Å². The van der Waals surface area contributed by atoms with Crippen LogP contribution < -0.4 is 4.74 Å². The SMILES string of the molecule is COc1ccc(COCC2COC(CCc3ccc(Cl)cc3Cl)(Cn3ccnc3)O2)cc1. The third-order valence-corrected chi connectivity index (χ3v) is 6.01.